The predicted molar refractivity (Wildman–Crippen MR) is 79.7 cm³/mol. The standard InChI is InChI=1S/C14H11N3O4S/c1-22(20,21)11-5-4-9(8-3-2-6-15-12(8)11)13(18)10-7-16-17-14(10)19/h2-7H,1H3,(H2,16,17,19). The van der Waals surface area contributed by atoms with E-state index < -0.39 is 21.2 Å². The van der Waals surface area contributed by atoms with Crippen molar-refractivity contribution < 1.29 is 13.2 Å². The normalized spacial score (nSPS) is 11.7. The maximum absolute atomic E-state index is 12.5. The number of ketones is 1. The highest BCUT2D eigenvalue weighted by Gasteiger charge is 2.20. The fraction of sp³-hybridized carbons (Fsp3) is 0.0714. The molecule has 3 rings (SSSR count). The van der Waals surface area contributed by atoms with Crippen molar-refractivity contribution in [2.24, 2.45) is 0 Å². The molecule has 0 saturated heterocycles. The SMILES string of the molecule is CS(=O)(=O)c1ccc(C(=O)c2c[nH][nH]c2=O)c2cccnc12. The van der Waals surface area contributed by atoms with Crippen LogP contribution >= 0.6 is 0 Å². The largest absolute Gasteiger partial charge is 0.305 e. The number of benzene rings is 1. The summed E-state index contributed by atoms with van der Waals surface area (Å²) in [5.74, 6) is -0.499. The third-order valence-corrected chi connectivity index (χ3v) is 4.40. The smallest absolute Gasteiger partial charge is 0.275 e. The van der Waals surface area contributed by atoms with E-state index >= 15 is 0 Å². The summed E-state index contributed by atoms with van der Waals surface area (Å²) in [6.45, 7) is 0. The van der Waals surface area contributed by atoms with Crippen molar-refractivity contribution in [3.8, 4) is 0 Å². The molecule has 1 aromatic carbocycles. The third-order valence-electron chi connectivity index (χ3n) is 3.27. The van der Waals surface area contributed by atoms with E-state index in [-0.39, 0.29) is 21.5 Å². The average Bonchev–Trinajstić information content (AvgIpc) is 2.90. The van der Waals surface area contributed by atoms with Crippen LogP contribution < -0.4 is 5.56 Å². The molecule has 0 bridgehead atoms. The lowest BCUT2D eigenvalue weighted by atomic mass is 10.0. The van der Waals surface area contributed by atoms with Gasteiger partial charge in [0.05, 0.1) is 10.4 Å². The first-order valence-electron chi connectivity index (χ1n) is 6.28. The Hall–Kier alpha value is -2.74. The zero-order valence-electron chi connectivity index (χ0n) is 11.5. The first-order valence-corrected chi connectivity index (χ1v) is 8.17. The molecule has 0 unspecified atom stereocenters. The van der Waals surface area contributed by atoms with Crippen LogP contribution in [0.2, 0.25) is 0 Å². The van der Waals surface area contributed by atoms with E-state index in [0.717, 1.165) is 6.26 Å². The molecule has 0 saturated carbocycles. The summed E-state index contributed by atoms with van der Waals surface area (Å²) >= 11 is 0. The second-order valence-electron chi connectivity index (χ2n) is 4.77. The van der Waals surface area contributed by atoms with Crippen molar-refractivity contribution in [3.05, 3.63) is 58.1 Å². The van der Waals surface area contributed by atoms with E-state index in [9.17, 15) is 18.0 Å². The Labute approximate surface area is 124 Å². The van der Waals surface area contributed by atoms with Crippen molar-refractivity contribution in [1.82, 2.24) is 15.2 Å². The summed E-state index contributed by atoms with van der Waals surface area (Å²) in [5.41, 5.74) is -0.144. The van der Waals surface area contributed by atoms with Crippen LogP contribution in [0.25, 0.3) is 10.9 Å². The maximum Gasteiger partial charge on any atom is 0.275 e. The number of aromatic amines is 2. The van der Waals surface area contributed by atoms with Gasteiger partial charge in [0.1, 0.15) is 5.56 Å². The Morgan fingerprint density at radius 1 is 1.18 bits per heavy atom. The van der Waals surface area contributed by atoms with Gasteiger partial charge in [-0.15, -0.1) is 0 Å². The number of H-pyrrole nitrogens is 2. The van der Waals surface area contributed by atoms with Gasteiger partial charge in [-0.1, -0.05) is 6.07 Å². The first-order chi connectivity index (χ1) is 10.4. The van der Waals surface area contributed by atoms with Gasteiger partial charge < -0.3 is 5.10 Å². The quantitative estimate of drug-likeness (QED) is 0.696. The summed E-state index contributed by atoms with van der Waals surface area (Å²) in [4.78, 5) is 28.2. The van der Waals surface area contributed by atoms with Gasteiger partial charge in [-0.05, 0) is 18.2 Å². The minimum absolute atomic E-state index is 0.0441. The van der Waals surface area contributed by atoms with Crippen LogP contribution in [0.5, 0.6) is 0 Å². The Balaban J connectivity index is 2.32. The highest BCUT2D eigenvalue weighted by Crippen LogP contribution is 2.25. The van der Waals surface area contributed by atoms with Crippen LogP contribution in [0, 0.1) is 0 Å². The van der Waals surface area contributed by atoms with Crippen molar-refractivity contribution in [3.63, 3.8) is 0 Å². The number of nitrogens with zero attached hydrogens (tertiary/aromatic N) is 1. The molecule has 22 heavy (non-hydrogen) atoms. The molecule has 2 aromatic heterocycles. The number of pyridine rings is 1. The fourth-order valence-electron chi connectivity index (χ4n) is 2.26. The van der Waals surface area contributed by atoms with Crippen molar-refractivity contribution in [2.75, 3.05) is 6.26 Å². The minimum Gasteiger partial charge on any atom is -0.305 e. The van der Waals surface area contributed by atoms with E-state index in [4.69, 9.17) is 0 Å². The topological polar surface area (TPSA) is 113 Å². The average molecular weight is 317 g/mol. The molecule has 0 spiro atoms. The fourth-order valence-corrected chi connectivity index (χ4v) is 3.09. The van der Waals surface area contributed by atoms with Gasteiger partial charge in [-0.3, -0.25) is 19.7 Å². The molecule has 112 valence electrons. The minimum atomic E-state index is -3.48. The number of hydrogen-bond donors (Lipinski definition) is 2. The Morgan fingerprint density at radius 2 is 1.95 bits per heavy atom. The van der Waals surface area contributed by atoms with Gasteiger partial charge >= 0.3 is 0 Å². The number of fused-ring (bicyclic) bond motifs is 1. The monoisotopic (exact) mass is 317 g/mol. The highest BCUT2D eigenvalue weighted by atomic mass is 32.2. The van der Waals surface area contributed by atoms with Crippen LogP contribution in [-0.2, 0) is 9.84 Å². The van der Waals surface area contributed by atoms with Crippen LogP contribution in [0.15, 0.2) is 46.3 Å². The Morgan fingerprint density at radius 3 is 2.59 bits per heavy atom. The lowest BCUT2D eigenvalue weighted by Crippen LogP contribution is -2.14. The number of nitrogens with one attached hydrogen (secondary N) is 2. The van der Waals surface area contributed by atoms with Gasteiger partial charge in [0, 0.05) is 29.6 Å². The van der Waals surface area contributed by atoms with Crippen molar-refractivity contribution in [1.29, 1.82) is 0 Å². The highest BCUT2D eigenvalue weighted by molar-refractivity contribution is 7.91. The molecule has 8 heteroatoms. The number of carbonyl (C=O) groups excluding carboxylic acids is 1. The molecule has 0 atom stereocenters. The third kappa shape index (κ3) is 2.23. The van der Waals surface area contributed by atoms with Crippen LogP contribution in [-0.4, -0.2) is 35.6 Å². The van der Waals surface area contributed by atoms with Gasteiger partial charge in [0.15, 0.2) is 9.84 Å². The number of carbonyl (C=O) groups is 1. The molecule has 0 amide bonds. The summed E-state index contributed by atoms with van der Waals surface area (Å²) in [5, 5.41) is 5.14. The number of aromatic nitrogens is 3. The molecule has 0 aliphatic heterocycles. The molecule has 0 aliphatic carbocycles. The number of hydrogen-bond acceptors (Lipinski definition) is 5. The maximum atomic E-state index is 12.5. The predicted octanol–water partition coefficient (Wildman–Crippen LogP) is 0.886. The Kier molecular flexibility index (Phi) is 3.18. The van der Waals surface area contributed by atoms with Crippen LogP contribution in [0.4, 0.5) is 0 Å². The molecule has 2 N–H and O–H groups in total. The summed E-state index contributed by atoms with van der Waals surface area (Å²) in [6, 6.07) is 5.94. The molecule has 0 fully saturated rings. The second kappa shape index (κ2) is 4.92. The van der Waals surface area contributed by atoms with Crippen molar-refractivity contribution in [2.45, 2.75) is 4.90 Å². The zero-order chi connectivity index (χ0) is 15.9. The summed E-state index contributed by atoms with van der Waals surface area (Å²) in [6.07, 6.45) is 3.81. The number of sulfone groups is 1. The molecule has 0 radical (unpaired) electrons. The number of rotatable bonds is 3. The first kappa shape index (κ1) is 14.2. The van der Waals surface area contributed by atoms with Crippen molar-refractivity contribution >= 4 is 26.5 Å². The van der Waals surface area contributed by atoms with Crippen LogP contribution in [0.3, 0.4) is 0 Å². The van der Waals surface area contributed by atoms with Gasteiger partial charge in [0.2, 0.25) is 5.78 Å². The zero-order valence-corrected chi connectivity index (χ0v) is 12.3. The van der Waals surface area contributed by atoms with E-state index in [1.54, 1.807) is 12.1 Å². The summed E-state index contributed by atoms with van der Waals surface area (Å²) < 4.78 is 23.7. The lowest BCUT2D eigenvalue weighted by Gasteiger charge is -2.07. The van der Waals surface area contributed by atoms with Gasteiger partial charge in [-0.2, -0.15) is 0 Å². The van der Waals surface area contributed by atoms with Gasteiger partial charge in [0.25, 0.3) is 5.56 Å². The van der Waals surface area contributed by atoms with E-state index in [1.165, 1.54) is 24.5 Å². The summed E-state index contributed by atoms with van der Waals surface area (Å²) in [7, 11) is -3.48. The Bertz CT molecular complexity index is 1050. The molecular formula is C14H11N3O4S. The van der Waals surface area contributed by atoms with Gasteiger partial charge in [-0.25, -0.2) is 8.42 Å². The van der Waals surface area contributed by atoms with E-state index in [1.807, 2.05) is 0 Å². The lowest BCUT2D eigenvalue weighted by molar-refractivity contribution is 0.103. The van der Waals surface area contributed by atoms with E-state index in [0.29, 0.717) is 5.39 Å². The molecule has 2 heterocycles. The molecular weight excluding hydrogens is 306 g/mol. The molecule has 0 aliphatic rings. The molecule has 3 aromatic rings. The van der Waals surface area contributed by atoms with Crippen LogP contribution in [0.1, 0.15) is 15.9 Å². The second-order valence-corrected chi connectivity index (χ2v) is 6.75. The molecule has 7 nitrogen and oxygen atoms in total. The van der Waals surface area contributed by atoms with E-state index in [2.05, 4.69) is 15.2 Å².